The average Bonchev–Trinajstić information content (AvgIpc) is 2.31. The van der Waals surface area contributed by atoms with Crippen molar-refractivity contribution in [1.82, 2.24) is 0 Å². The number of ether oxygens (including phenoxy) is 1. The molecule has 1 aliphatic heterocycles. The minimum Gasteiger partial charge on any atom is -0.508 e. The molecular weight excluding hydrogens is 164 g/mol. The van der Waals surface area contributed by atoms with Crippen LogP contribution in [-0.2, 0) is 16.9 Å². The molecule has 0 aromatic heterocycles. The molecule has 13 heavy (non-hydrogen) atoms. The monoisotopic (exact) mass is 178 g/mol. The van der Waals surface area contributed by atoms with Gasteiger partial charge >= 0.3 is 0 Å². The second-order valence-corrected chi connectivity index (χ2v) is 4.09. The number of aromatic hydroxyl groups is 1. The fraction of sp³-hybridized carbons (Fsp3) is 0.455. The highest BCUT2D eigenvalue weighted by molar-refractivity contribution is 5.44. The first-order valence-corrected chi connectivity index (χ1v) is 4.47. The first-order chi connectivity index (χ1) is 6.00. The molecule has 1 aromatic carbocycles. The highest BCUT2D eigenvalue weighted by Crippen LogP contribution is 2.38. The largest absolute Gasteiger partial charge is 0.508 e. The maximum atomic E-state index is 9.56. The normalized spacial score (nSPS) is 18.7. The zero-order valence-corrected chi connectivity index (χ0v) is 8.22. The molecule has 2 nitrogen and oxygen atoms in total. The number of fused-ring (bicyclic) bond motifs is 1. The van der Waals surface area contributed by atoms with Gasteiger partial charge in [-0.2, -0.15) is 0 Å². The SMILES string of the molecule is Cc1cc2c(cc1O)C(C)(C)OC2. The fourth-order valence-electron chi connectivity index (χ4n) is 1.77. The van der Waals surface area contributed by atoms with Gasteiger partial charge in [0.2, 0.25) is 0 Å². The Morgan fingerprint density at radius 2 is 2.08 bits per heavy atom. The summed E-state index contributed by atoms with van der Waals surface area (Å²) in [4.78, 5) is 0. The number of phenols is 1. The number of aryl methyl sites for hydroxylation is 1. The molecule has 0 fully saturated rings. The lowest BCUT2D eigenvalue weighted by molar-refractivity contribution is -0.00795. The summed E-state index contributed by atoms with van der Waals surface area (Å²) in [5, 5.41) is 9.56. The van der Waals surface area contributed by atoms with E-state index in [4.69, 9.17) is 4.74 Å². The van der Waals surface area contributed by atoms with E-state index in [1.807, 2.05) is 32.9 Å². The first-order valence-electron chi connectivity index (χ1n) is 4.47. The number of hydrogen-bond donors (Lipinski definition) is 1. The summed E-state index contributed by atoms with van der Waals surface area (Å²) in [7, 11) is 0. The topological polar surface area (TPSA) is 29.5 Å². The molecule has 0 saturated carbocycles. The average molecular weight is 178 g/mol. The molecule has 0 spiro atoms. The zero-order valence-electron chi connectivity index (χ0n) is 8.22. The molecule has 1 N–H and O–H groups in total. The van der Waals surface area contributed by atoms with E-state index in [1.165, 1.54) is 5.56 Å². The number of rotatable bonds is 0. The second-order valence-electron chi connectivity index (χ2n) is 4.09. The molecule has 0 unspecified atom stereocenters. The minimum absolute atomic E-state index is 0.249. The minimum atomic E-state index is -0.249. The Morgan fingerprint density at radius 3 is 2.77 bits per heavy atom. The predicted molar refractivity (Wildman–Crippen MR) is 50.7 cm³/mol. The molecule has 1 aromatic rings. The van der Waals surface area contributed by atoms with Crippen LogP contribution in [0.2, 0.25) is 0 Å². The Kier molecular flexibility index (Phi) is 1.64. The van der Waals surface area contributed by atoms with Gasteiger partial charge in [0.05, 0.1) is 12.2 Å². The molecular formula is C11H14O2. The fourth-order valence-corrected chi connectivity index (χ4v) is 1.77. The summed E-state index contributed by atoms with van der Waals surface area (Å²) in [5.74, 6) is 0.359. The van der Waals surface area contributed by atoms with Crippen LogP contribution in [0.3, 0.4) is 0 Å². The molecule has 2 heteroatoms. The standard InChI is InChI=1S/C11H14O2/c1-7-4-8-6-13-11(2,3)9(8)5-10(7)12/h4-5,12H,6H2,1-3H3. The summed E-state index contributed by atoms with van der Waals surface area (Å²) in [5.41, 5.74) is 2.97. The lowest BCUT2D eigenvalue weighted by Gasteiger charge is -2.18. The molecule has 70 valence electrons. The van der Waals surface area contributed by atoms with Gasteiger partial charge < -0.3 is 9.84 Å². The van der Waals surface area contributed by atoms with Gasteiger partial charge in [-0.3, -0.25) is 0 Å². The van der Waals surface area contributed by atoms with E-state index < -0.39 is 0 Å². The maximum absolute atomic E-state index is 9.56. The molecule has 0 amide bonds. The first kappa shape index (κ1) is 8.57. The van der Waals surface area contributed by atoms with Crippen LogP contribution in [0.15, 0.2) is 12.1 Å². The molecule has 2 rings (SSSR count). The van der Waals surface area contributed by atoms with Gasteiger partial charge in [-0.05, 0) is 49.6 Å². The lowest BCUT2D eigenvalue weighted by atomic mass is 9.94. The number of phenolic OH excluding ortho intramolecular Hbond substituents is 1. The summed E-state index contributed by atoms with van der Waals surface area (Å²) in [6.07, 6.45) is 0. The Labute approximate surface area is 78.2 Å². The molecule has 0 aliphatic carbocycles. The summed E-state index contributed by atoms with van der Waals surface area (Å²) >= 11 is 0. The smallest absolute Gasteiger partial charge is 0.118 e. The van der Waals surface area contributed by atoms with E-state index in [1.54, 1.807) is 0 Å². The van der Waals surface area contributed by atoms with Gasteiger partial charge in [0.1, 0.15) is 5.75 Å². The third-order valence-electron chi connectivity index (χ3n) is 2.66. The Bertz CT molecular complexity index is 353. The van der Waals surface area contributed by atoms with Gasteiger partial charge in [-0.1, -0.05) is 0 Å². The van der Waals surface area contributed by atoms with E-state index in [2.05, 4.69) is 0 Å². The van der Waals surface area contributed by atoms with E-state index in [9.17, 15) is 5.11 Å². The van der Waals surface area contributed by atoms with Crippen LogP contribution < -0.4 is 0 Å². The molecule has 0 bridgehead atoms. The van der Waals surface area contributed by atoms with E-state index in [0.29, 0.717) is 12.4 Å². The zero-order chi connectivity index (χ0) is 9.64. The molecule has 0 atom stereocenters. The highest BCUT2D eigenvalue weighted by atomic mass is 16.5. The van der Waals surface area contributed by atoms with Crippen LogP contribution in [-0.4, -0.2) is 5.11 Å². The van der Waals surface area contributed by atoms with Crippen LogP contribution in [0.5, 0.6) is 5.75 Å². The summed E-state index contributed by atoms with van der Waals surface area (Å²) < 4.78 is 5.61. The third-order valence-corrected chi connectivity index (χ3v) is 2.66. The van der Waals surface area contributed by atoms with E-state index in [-0.39, 0.29) is 5.60 Å². The van der Waals surface area contributed by atoms with Crippen molar-refractivity contribution in [2.24, 2.45) is 0 Å². The van der Waals surface area contributed by atoms with E-state index >= 15 is 0 Å². The van der Waals surface area contributed by atoms with Crippen molar-refractivity contribution >= 4 is 0 Å². The van der Waals surface area contributed by atoms with Crippen molar-refractivity contribution in [2.45, 2.75) is 33.0 Å². The van der Waals surface area contributed by atoms with Crippen LogP contribution in [0.4, 0.5) is 0 Å². The van der Waals surface area contributed by atoms with Crippen LogP contribution in [0, 0.1) is 6.92 Å². The Morgan fingerprint density at radius 1 is 1.38 bits per heavy atom. The van der Waals surface area contributed by atoms with Gasteiger partial charge in [0.25, 0.3) is 0 Å². The van der Waals surface area contributed by atoms with Gasteiger partial charge in [0.15, 0.2) is 0 Å². The second kappa shape index (κ2) is 2.48. The van der Waals surface area contributed by atoms with Gasteiger partial charge in [-0.15, -0.1) is 0 Å². The molecule has 0 saturated heterocycles. The molecule has 1 aliphatic rings. The van der Waals surface area contributed by atoms with Gasteiger partial charge in [0, 0.05) is 0 Å². The maximum Gasteiger partial charge on any atom is 0.118 e. The van der Waals surface area contributed by atoms with Crippen molar-refractivity contribution in [3.8, 4) is 5.75 Å². The van der Waals surface area contributed by atoms with Crippen molar-refractivity contribution in [1.29, 1.82) is 0 Å². The summed E-state index contributed by atoms with van der Waals surface area (Å²) in [6, 6.07) is 3.82. The lowest BCUT2D eigenvalue weighted by Crippen LogP contribution is -2.14. The van der Waals surface area contributed by atoms with Crippen molar-refractivity contribution in [3.63, 3.8) is 0 Å². The highest BCUT2D eigenvalue weighted by Gasteiger charge is 2.31. The Balaban J connectivity index is 2.61. The van der Waals surface area contributed by atoms with Crippen molar-refractivity contribution < 1.29 is 9.84 Å². The van der Waals surface area contributed by atoms with Crippen molar-refractivity contribution in [2.75, 3.05) is 0 Å². The molecule has 1 heterocycles. The van der Waals surface area contributed by atoms with Gasteiger partial charge in [-0.25, -0.2) is 0 Å². The number of hydrogen-bond acceptors (Lipinski definition) is 2. The summed E-state index contributed by atoms with van der Waals surface area (Å²) in [6.45, 7) is 6.60. The van der Waals surface area contributed by atoms with E-state index in [0.717, 1.165) is 11.1 Å². The predicted octanol–water partition coefficient (Wildman–Crippen LogP) is 2.47. The number of benzene rings is 1. The Hall–Kier alpha value is -1.02. The van der Waals surface area contributed by atoms with Crippen LogP contribution >= 0.6 is 0 Å². The quantitative estimate of drug-likeness (QED) is 0.661. The van der Waals surface area contributed by atoms with Crippen LogP contribution in [0.1, 0.15) is 30.5 Å². The van der Waals surface area contributed by atoms with Crippen molar-refractivity contribution in [3.05, 3.63) is 28.8 Å². The van der Waals surface area contributed by atoms with Crippen LogP contribution in [0.25, 0.3) is 0 Å². The third kappa shape index (κ3) is 1.22. The molecule has 0 radical (unpaired) electrons.